The first-order chi connectivity index (χ1) is 10.7. The van der Waals surface area contributed by atoms with Gasteiger partial charge in [-0.2, -0.15) is 15.8 Å². The summed E-state index contributed by atoms with van der Waals surface area (Å²) < 4.78 is 0. The molecule has 1 aromatic carbocycles. The number of nitriles is 3. The highest BCUT2D eigenvalue weighted by atomic mass is 15.1. The molecule has 0 saturated carbocycles. The van der Waals surface area contributed by atoms with Gasteiger partial charge in [-0.3, -0.25) is 0 Å². The zero-order chi connectivity index (χ0) is 15.9. The van der Waals surface area contributed by atoms with Gasteiger partial charge in [-0.05, 0) is 43.0 Å². The van der Waals surface area contributed by atoms with Crippen LogP contribution in [0.25, 0.3) is 0 Å². The van der Waals surface area contributed by atoms with Crippen LogP contribution in [0.3, 0.4) is 0 Å². The van der Waals surface area contributed by atoms with Crippen molar-refractivity contribution in [1.82, 2.24) is 0 Å². The topological polar surface area (TPSA) is 86.6 Å². The fourth-order valence-corrected chi connectivity index (χ4v) is 2.61. The molecule has 5 nitrogen and oxygen atoms in total. The molecule has 0 aromatic heterocycles. The molecule has 1 fully saturated rings. The minimum Gasteiger partial charge on any atom is -0.371 e. The highest BCUT2D eigenvalue weighted by Crippen LogP contribution is 2.24. The molecule has 1 unspecified atom stereocenters. The predicted molar refractivity (Wildman–Crippen MR) is 84.5 cm³/mol. The van der Waals surface area contributed by atoms with Crippen LogP contribution in [-0.4, -0.2) is 13.1 Å². The van der Waals surface area contributed by atoms with Crippen molar-refractivity contribution in [2.45, 2.75) is 19.8 Å². The molecule has 0 aliphatic carbocycles. The van der Waals surface area contributed by atoms with E-state index in [-0.39, 0.29) is 11.3 Å². The second-order valence-corrected chi connectivity index (χ2v) is 5.45. The molecule has 5 heteroatoms. The van der Waals surface area contributed by atoms with Crippen LogP contribution in [0, 0.1) is 39.9 Å². The quantitative estimate of drug-likeness (QED) is 0.864. The Hall–Kier alpha value is -2.97. The van der Waals surface area contributed by atoms with Gasteiger partial charge in [-0.15, -0.1) is 0 Å². The highest BCUT2D eigenvalue weighted by molar-refractivity contribution is 5.61. The Morgan fingerprint density at radius 3 is 2.36 bits per heavy atom. The number of nitrogens with one attached hydrogen (secondary N) is 1. The van der Waals surface area contributed by atoms with E-state index in [1.54, 1.807) is 12.1 Å². The number of nitrogens with zero attached hydrogens (tertiary/aromatic N) is 4. The molecule has 1 heterocycles. The van der Waals surface area contributed by atoms with Gasteiger partial charge >= 0.3 is 0 Å². The summed E-state index contributed by atoms with van der Waals surface area (Å²) in [5, 5.41) is 29.5. The molecule has 1 N–H and O–H groups in total. The molecular weight excluding hydrogens is 274 g/mol. The Balaban J connectivity index is 2.13. The van der Waals surface area contributed by atoms with Gasteiger partial charge in [0.15, 0.2) is 5.57 Å². The van der Waals surface area contributed by atoms with Gasteiger partial charge in [0.2, 0.25) is 0 Å². The maximum atomic E-state index is 9.03. The van der Waals surface area contributed by atoms with Gasteiger partial charge in [0.25, 0.3) is 0 Å². The number of hydrogen-bond donors (Lipinski definition) is 1. The second-order valence-electron chi connectivity index (χ2n) is 5.45. The highest BCUT2D eigenvalue weighted by Gasteiger charge is 2.16. The van der Waals surface area contributed by atoms with Crippen LogP contribution < -0.4 is 10.2 Å². The van der Waals surface area contributed by atoms with Gasteiger partial charge in [0, 0.05) is 24.5 Å². The number of rotatable bonds is 3. The van der Waals surface area contributed by atoms with Gasteiger partial charge < -0.3 is 10.2 Å². The molecule has 22 heavy (non-hydrogen) atoms. The average Bonchev–Trinajstić information content (AvgIpc) is 2.55. The number of hydrogen-bond acceptors (Lipinski definition) is 5. The lowest BCUT2D eigenvalue weighted by atomic mass is 10.00. The third kappa shape index (κ3) is 3.57. The number of allylic oxidation sites excluding steroid dienone is 2. The van der Waals surface area contributed by atoms with E-state index >= 15 is 0 Å². The van der Waals surface area contributed by atoms with Crippen molar-refractivity contribution in [3.63, 3.8) is 0 Å². The third-order valence-electron chi connectivity index (χ3n) is 3.74. The van der Waals surface area contributed by atoms with Gasteiger partial charge in [-0.1, -0.05) is 6.92 Å². The zero-order valence-electron chi connectivity index (χ0n) is 12.5. The van der Waals surface area contributed by atoms with E-state index in [2.05, 4.69) is 17.1 Å². The summed E-state index contributed by atoms with van der Waals surface area (Å²) in [6, 6.07) is 13.0. The minimum absolute atomic E-state index is 0.0238. The monoisotopic (exact) mass is 291 g/mol. The summed E-state index contributed by atoms with van der Waals surface area (Å²) in [5.41, 5.74) is 1.61. The second kappa shape index (κ2) is 7.16. The molecule has 110 valence electrons. The van der Waals surface area contributed by atoms with E-state index in [4.69, 9.17) is 15.8 Å². The standard InChI is InChI=1S/C17H17N5/c1-13-3-2-8-22(12-13)16-6-4-15(5-7-16)21-17(11-20)14(9-18)10-19/h4-7,13,21H,2-3,8,12H2,1H3. The summed E-state index contributed by atoms with van der Waals surface area (Å²) in [7, 11) is 0. The van der Waals surface area contributed by atoms with Crippen molar-refractivity contribution < 1.29 is 0 Å². The summed E-state index contributed by atoms with van der Waals surface area (Å²) in [6.45, 7) is 4.38. The summed E-state index contributed by atoms with van der Waals surface area (Å²) >= 11 is 0. The van der Waals surface area contributed by atoms with Crippen molar-refractivity contribution >= 4 is 11.4 Å². The van der Waals surface area contributed by atoms with Crippen LogP contribution in [0.15, 0.2) is 35.5 Å². The fourth-order valence-electron chi connectivity index (χ4n) is 2.61. The summed E-state index contributed by atoms with van der Waals surface area (Å²) in [5.74, 6) is 0.702. The normalized spacial score (nSPS) is 16.8. The SMILES string of the molecule is CC1CCCN(c2ccc(NC(C#N)=C(C#N)C#N)cc2)C1. The Morgan fingerprint density at radius 2 is 1.82 bits per heavy atom. The molecule has 2 rings (SSSR count). The molecule has 1 aliphatic heterocycles. The summed E-state index contributed by atoms with van der Waals surface area (Å²) in [6.07, 6.45) is 2.48. The van der Waals surface area contributed by atoms with E-state index < -0.39 is 0 Å². The molecule has 1 aliphatic rings. The largest absolute Gasteiger partial charge is 0.371 e. The van der Waals surface area contributed by atoms with Gasteiger partial charge in [-0.25, -0.2) is 0 Å². The van der Waals surface area contributed by atoms with Crippen LogP contribution >= 0.6 is 0 Å². The van der Waals surface area contributed by atoms with Crippen molar-refractivity contribution in [1.29, 1.82) is 15.8 Å². The Bertz CT molecular complexity index is 666. The van der Waals surface area contributed by atoms with Crippen LogP contribution in [0.4, 0.5) is 11.4 Å². The third-order valence-corrected chi connectivity index (χ3v) is 3.74. The first-order valence-electron chi connectivity index (χ1n) is 7.24. The Labute approximate surface area is 130 Å². The van der Waals surface area contributed by atoms with Crippen molar-refractivity contribution in [3.8, 4) is 18.2 Å². The lowest BCUT2D eigenvalue weighted by Gasteiger charge is -2.32. The number of piperidine rings is 1. The van der Waals surface area contributed by atoms with E-state index in [0.717, 1.165) is 18.8 Å². The Morgan fingerprint density at radius 1 is 1.14 bits per heavy atom. The maximum absolute atomic E-state index is 9.03. The zero-order valence-corrected chi connectivity index (χ0v) is 12.5. The van der Waals surface area contributed by atoms with Crippen LogP contribution in [0.1, 0.15) is 19.8 Å². The van der Waals surface area contributed by atoms with Crippen molar-refractivity contribution in [2.24, 2.45) is 5.92 Å². The van der Waals surface area contributed by atoms with E-state index in [1.807, 2.05) is 30.3 Å². The predicted octanol–water partition coefficient (Wildman–Crippen LogP) is 3.16. The average molecular weight is 291 g/mol. The van der Waals surface area contributed by atoms with E-state index in [0.29, 0.717) is 11.6 Å². The summed E-state index contributed by atoms with van der Waals surface area (Å²) in [4.78, 5) is 2.36. The van der Waals surface area contributed by atoms with E-state index in [1.165, 1.54) is 12.8 Å². The van der Waals surface area contributed by atoms with Gasteiger partial charge in [0.1, 0.15) is 23.9 Å². The van der Waals surface area contributed by atoms with Crippen LogP contribution in [0.5, 0.6) is 0 Å². The smallest absolute Gasteiger partial charge is 0.163 e. The molecule has 0 spiro atoms. The molecule has 0 bridgehead atoms. The first-order valence-corrected chi connectivity index (χ1v) is 7.24. The Kier molecular flexibility index (Phi) is 5.02. The first kappa shape index (κ1) is 15.4. The molecule has 0 amide bonds. The minimum atomic E-state index is -0.212. The molecule has 1 aromatic rings. The van der Waals surface area contributed by atoms with Crippen molar-refractivity contribution in [2.75, 3.05) is 23.3 Å². The number of anilines is 2. The fraction of sp³-hybridized carbons (Fsp3) is 0.353. The number of benzene rings is 1. The van der Waals surface area contributed by atoms with E-state index in [9.17, 15) is 0 Å². The molecule has 0 radical (unpaired) electrons. The molecule has 1 saturated heterocycles. The lowest BCUT2D eigenvalue weighted by Crippen LogP contribution is -2.34. The molecule has 1 atom stereocenters. The molecular formula is C17H17N5. The van der Waals surface area contributed by atoms with Crippen LogP contribution in [0.2, 0.25) is 0 Å². The maximum Gasteiger partial charge on any atom is 0.163 e. The lowest BCUT2D eigenvalue weighted by molar-refractivity contribution is 0.447. The van der Waals surface area contributed by atoms with Crippen LogP contribution in [-0.2, 0) is 0 Å². The van der Waals surface area contributed by atoms with Gasteiger partial charge in [0.05, 0.1) is 0 Å². The van der Waals surface area contributed by atoms with Crippen molar-refractivity contribution in [3.05, 3.63) is 35.5 Å².